The largest absolute Gasteiger partial charge is 0.295 e. The highest BCUT2D eigenvalue weighted by Gasteiger charge is 2.11. The zero-order valence-electron chi connectivity index (χ0n) is 11.3. The Hall–Kier alpha value is -2.24. The van der Waals surface area contributed by atoms with E-state index in [9.17, 15) is 4.79 Å². The molecule has 0 atom stereocenters. The number of hydrogen-bond acceptors (Lipinski definition) is 4. The van der Waals surface area contributed by atoms with Gasteiger partial charge >= 0.3 is 0 Å². The normalized spacial score (nSPS) is 10.5. The van der Waals surface area contributed by atoms with E-state index < -0.39 is 0 Å². The molecular formula is C13H17N5O. The van der Waals surface area contributed by atoms with Gasteiger partial charge in [0.15, 0.2) is 0 Å². The van der Waals surface area contributed by atoms with Crippen molar-refractivity contribution in [2.75, 3.05) is 5.32 Å². The van der Waals surface area contributed by atoms with Crippen molar-refractivity contribution in [1.82, 2.24) is 19.7 Å². The smallest absolute Gasteiger partial charge is 0.229 e. The van der Waals surface area contributed by atoms with Crippen molar-refractivity contribution in [1.29, 1.82) is 0 Å². The van der Waals surface area contributed by atoms with E-state index in [2.05, 4.69) is 20.4 Å². The summed E-state index contributed by atoms with van der Waals surface area (Å²) in [5.74, 6) is 0.251. The van der Waals surface area contributed by atoms with Crippen molar-refractivity contribution in [3.63, 3.8) is 0 Å². The third-order valence-corrected chi connectivity index (χ3v) is 3.08. The van der Waals surface area contributed by atoms with Crippen LogP contribution < -0.4 is 5.32 Å². The van der Waals surface area contributed by atoms with E-state index in [1.54, 1.807) is 18.5 Å². The molecule has 0 fully saturated rings. The third-order valence-electron chi connectivity index (χ3n) is 3.08. The molecule has 0 aliphatic heterocycles. The van der Waals surface area contributed by atoms with Crippen molar-refractivity contribution >= 4 is 11.9 Å². The van der Waals surface area contributed by atoms with Crippen LogP contribution in [0.4, 0.5) is 5.95 Å². The first-order valence-corrected chi connectivity index (χ1v) is 6.14. The monoisotopic (exact) mass is 259 g/mol. The van der Waals surface area contributed by atoms with E-state index in [1.165, 1.54) is 0 Å². The molecule has 0 unspecified atom stereocenters. The first-order valence-electron chi connectivity index (χ1n) is 6.14. The molecule has 0 aliphatic carbocycles. The molecule has 2 heterocycles. The number of anilines is 1. The SMILES string of the molecule is Cc1nn(C)c(C)c1CCC(=O)Nc1ncccn1. The Bertz CT molecular complexity index is 576. The van der Waals surface area contributed by atoms with Gasteiger partial charge in [0.2, 0.25) is 11.9 Å². The maximum absolute atomic E-state index is 11.8. The Kier molecular flexibility index (Phi) is 3.89. The standard InChI is InChI=1S/C13H17N5O/c1-9-11(10(2)18(3)17-9)5-6-12(19)16-13-14-7-4-8-15-13/h4,7-8H,5-6H2,1-3H3,(H,14,15,16,19). The van der Waals surface area contributed by atoms with Crippen LogP contribution in [-0.4, -0.2) is 25.7 Å². The Labute approximate surface area is 111 Å². The Morgan fingerprint density at radius 2 is 2.00 bits per heavy atom. The average molecular weight is 259 g/mol. The number of aromatic nitrogens is 4. The van der Waals surface area contributed by atoms with Crippen molar-refractivity contribution in [2.45, 2.75) is 26.7 Å². The van der Waals surface area contributed by atoms with Crippen molar-refractivity contribution in [3.05, 3.63) is 35.4 Å². The molecule has 2 aromatic heterocycles. The highest BCUT2D eigenvalue weighted by Crippen LogP contribution is 2.14. The molecule has 100 valence electrons. The molecule has 0 bridgehead atoms. The molecule has 6 heteroatoms. The van der Waals surface area contributed by atoms with E-state index in [1.807, 2.05) is 25.6 Å². The van der Waals surface area contributed by atoms with Crippen molar-refractivity contribution in [2.24, 2.45) is 7.05 Å². The van der Waals surface area contributed by atoms with Gasteiger partial charge in [-0.1, -0.05) is 0 Å². The van der Waals surface area contributed by atoms with Crippen molar-refractivity contribution < 1.29 is 4.79 Å². The maximum atomic E-state index is 11.8. The minimum absolute atomic E-state index is 0.0890. The number of amides is 1. The number of nitrogens with one attached hydrogen (secondary N) is 1. The Morgan fingerprint density at radius 1 is 1.32 bits per heavy atom. The van der Waals surface area contributed by atoms with Gasteiger partial charge in [0.25, 0.3) is 0 Å². The predicted octanol–water partition coefficient (Wildman–Crippen LogP) is 1.40. The number of hydrogen-bond donors (Lipinski definition) is 1. The topological polar surface area (TPSA) is 72.7 Å². The molecule has 0 saturated heterocycles. The number of nitrogens with zero attached hydrogens (tertiary/aromatic N) is 4. The van der Waals surface area contributed by atoms with Gasteiger partial charge in [-0.15, -0.1) is 0 Å². The van der Waals surface area contributed by atoms with Crippen molar-refractivity contribution in [3.8, 4) is 0 Å². The summed E-state index contributed by atoms with van der Waals surface area (Å²) in [6, 6.07) is 1.71. The summed E-state index contributed by atoms with van der Waals surface area (Å²) in [5.41, 5.74) is 3.21. The summed E-state index contributed by atoms with van der Waals surface area (Å²) in [6.07, 6.45) is 4.26. The number of rotatable bonds is 4. The van der Waals surface area contributed by atoms with E-state index in [4.69, 9.17) is 0 Å². The average Bonchev–Trinajstić information content (AvgIpc) is 2.62. The van der Waals surface area contributed by atoms with E-state index in [0.29, 0.717) is 18.8 Å². The molecule has 1 N–H and O–H groups in total. The summed E-state index contributed by atoms with van der Waals surface area (Å²) in [4.78, 5) is 19.7. The molecule has 0 aliphatic rings. The van der Waals surface area contributed by atoms with Gasteiger partial charge in [-0.3, -0.25) is 14.8 Å². The molecule has 0 radical (unpaired) electrons. The van der Waals surface area contributed by atoms with Gasteiger partial charge in [-0.2, -0.15) is 5.10 Å². The zero-order chi connectivity index (χ0) is 13.8. The van der Waals surface area contributed by atoms with Crippen LogP contribution in [0.2, 0.25) is 0 Å². The second kappa shape index (κ2) is 5.60. The summed E-state index contributed by atoms with van der Waals surface area (Å²) in [7, 11) is 1.91. The quantitative estimate of drug-likeness (QED) is 0.900. The molecule has 2 rings (SSSR count). The molecule has 1 amide bonds. The van der Waals surface area contributed by atoms with Crippen LogP contribution in [0, 0.1) is 13.8 Å². The molecule has 0 saturated carbocycles. The fraction of sp³-hybridized carbons (Fsp3) is 0.385. The lowest BCUT2D eigenvalue weighted by molar-refractivity contribution is -0.116. The van der Waals surface area contributed by atoms with Gasteiger partial charge in [0, 0.05) is 31.6 Å². The lowest BCUT2D eigenvalue weighted by Gasteiger charge is -2.03. The van der Waals surface area contributed by atoms with Gasteiger partial charge < -0.3 is 0 Å². The van der Waals surface area contributed by atoms with Crippen LogP contribution in [-0.2, 0) is 18.3 Å². The highest BCUT2D eigenvalue weighted by molar-refractivity contribution is 5.89. The lowest BCUT2D eigenvalue weighted by atomic mass is 10.1. The molecular weight excluding hydrogens is 242 g/mol. The zero-order valence-corrected chi connectivity index (χ0v) is 11.3. The maximum Gasteiger partial charge on any atom is 0.229 e. The van der Waals surface area contributed by atoms with Crippen LogP contribution in [0.3, 0.4) is 0 Å². The third kappa shape index (κ3) is 3.15. The van der Waals surface area contributed by atoms with Crippen LogP contribution in [0.15, 0.2) is 18.5 Å². The summed E-state index contributed by atoms with van der Waals surface area (Å²) in [5, 5.41) is 7.00. The lowest BCUT2D eigenvalue weighted by Crippen LogP contribution is -2.14. The summed E-state index contributed by atoms with van der Waals surface area (Å²) in [6.45, 7) is 3.97. The first kappa shape index (κ1) is 13.2. The summed E-state index contributed by atoms with van der Waals surface area (Å²) >= 11 is 0. The fourth-order valence-electron chi connectivity index (χ4n) is 1.97. The number of carbonyl (C=O) groups is 1. The Balaban J connectivity index is 1.94. The van der Waals surface area contributed by atoms with Crippen LogP contribution in [0.1, 0.15) is 23.4 Å². The molecule has 2 aromatic rings. The van der Waals surface area contributed by atoms with Crippen LogP contribution >= 0.6 is 0 Å². The fourth-order valence-corrected chi connectivity index (χ4v) is 1.97. The van der Waals surface area contributed by atoms with E-state index >= 15 is 0 Å². The van der Waals surface area contributed by atoms with Gasteiger partial charge in [0.05, 0.1) is 5.69 Å². The van der Waals surface area contributed by atoms with Gasteiger partial charge in [-0.25, -0.2) is 9.97 Å². The van der Waals surface area contributed by atoms with E-state index in [-0.39, 0.29) is 5.91 Å². The van der Waals surface area contributed by atoms with Gasteiger partial charge in [-0.05, 0) is 31.9 Å². The van der Waals surface area contributed by atoms with E-state index in [0.717, 1.165) is 17.0 Å². The second-order valence-electron chi connectivity index (χ2n) is 4.39. The molecule has 0 spiro atoms. The predicted molar refractivity (Wildman–Crippen MR) is 71.7 cm³/mol. The minimum atomic E-state index is -0.0890. The first-order chi connectivity index (χ1) is 9.08. The minimum Gasteiger partial charge on any atom is -0.295 e. The molecule has 6 nitrogen and oxygen atoms in total. The van der Waals surface area contributed by atoms with Crippen LogP contribution in [0.5, 0.6) is 0 Å². The molecule has 0 aromatic carbocycles. The number of carbonyl (C=O) groups excluding carboxylic acids is 1. The van der Waals surface area contributed by atoms with Crippen LogP contribution in [0.25, 0.3) is 0 Å². The highest BCUT2D eigenvalue weighted by atomic mass is 16.1. The number of aryl methyl sites for hydroxylation is 2. The Morgan fingerprint density at radius 3 is 2.58 bits per heavy atom. The second-order valence-corrected chi connectivity index (χ2v) is 4.39. The molecule has 19 heavy (non-hydrogen) atoms. The van der Waals surface area contributed by atoms with Gasteiger partial charge in [0.1, 0.15) is 0 Å². The summed E-state index contributed by atoms with van der Waals surface area (Å²) < 4.78 is 1.84.